The zero-order valence-electron chi connectivity index (χ0n) is 10.7. The van der Waals surface area contributed by atoms with Gasteiger partial charge < -0.3 is 9.84 Å². The van der Waals surface area contributed by atoms with Gasteiger partial charge in [0, 0.05) is 7.05 Å². The fourth-order valence-electron chi connectivity index (χ4n) is 1.71. The van der Waals surface area contributed by atoms with Gasteiger partial charge in [0.1, 0.15) is 17.5 Å². The van der Waals surface area contributed by atoms with Crippen molar-refractivity contribution in [3.63, 3.8) is 0 Å². The van der Waals surface area contributed by atoms with Crippen molar-refractivity contribution in [2.24, 2.45) is 7.05 Å². The summed E-state index contributed by atoms with van der Waals surface area (Å²) in [6.45, 7) is 1.65. The second-order valence-electron chi connectivity index (χ2n) is 4.11. The van der Waals surface area contributed by atoms with Gasteiger partial charge in [-0.1, -0.05) is 12.1 Å². The third-order valence-electron chi connectivity index (χ3n) is 2.61. The van der Waals surface area contributed by atoms with Crippen LogP contribution in [-0.4, -0.2) is 25.8 Å². The molecular formula is C12H11N3O5. The molecule has 1 heterocycles. The van der Waals surface area contributed by atoms with Gasteiger partial charge in [-0.15, -0.1) is 5.10 Å². The van der Waals surface area contributed by atoms with Crippen molar-refractivity contribution in [3.05, 3.63) is 45.6 Å². The first-order valence-electron chi connectivity index (χ1n) is 5.59. The molecule has 0 aliphatic heterocycles. The molecule has 1 aromatic carbocycles. The molecule has 2 aromatic rings. The Morgan fingerprint density at radius 2 is 2.20 bits per heavy atom. The number of nitrogens with zero attached hydrogens (tertiary/aromatic N) is 3. The summed E-state index contributed by atoms with van der Waals surface area (Å²) in [5, 5.41) is 23.8. The van der Waals surface area contributed by atoms with Crippen LogP contribution in [0.3, 0.4) is 0 Å². The predicted molar refractivity (Wildman–Crippen MR) is 68.1 cm³/mol. The highest BCUT2D eigenvalue weighted by Crippen LogP contribution is 2.33. The highest BCUT2D eigenvalue weighted by atomic mass is 16.6. The van der Waals surface area contributed by atoms with E-state index in [0.29, 0.717) is 5.56 Å². The molecule has 8 heteroatoms. The molecule has 8 nitrogen and oxygen atoms in total. The lowest BCUT2D eigenvalue weighted by Crippen LogP contribution is -2.02. The molecule has 0 spiro atoms. The summed E-state index contributed by atoms with van der Waals surface area (Å²) < 4.78 is 6.59. The Hall–Kier alpha value is -2.90. The normalized spacial score (nSPS) is 10.3. The van der Waals surface area contributed by atoms with Gasteiger partial charge in [0.25, 0.3) is 0 Å². The molecule has 0 aliphatic rings. The molecule has 0 atom stereocenters. The van der Waals surface area contributed by atoms with Crippen LogP contribution in [0.4, 0.5) is 5.69 Å². The van der Waals surface area contributed by atoms with Crippen LogP contribution in [0, 0.1) is 17.0 Å². The van der Waals surface area contributed by atoms with Crippen molar-refractivity contribution < 1.29 is 19.6 Å². The second kappa shape index (κ2) is 5.00. The average Bonchev–Trinajstić information content (AvgIpc) is 2.72. The Morgan fingerprint density at radius 3 is 2.80 bits per heavy atom. The number of aromatic carboxylic acids is 1. The molecule has 0 saturated carbocycles. The van der Waals surface area contributed by atoms with Crippen LogP contribution in [0.25, 0.3) is 0 Å². The topological polar surface area (TPSA) is 107 Å². The standard InChI is InChI=1S/C12H11N3O5/c1-7-4-3-5-8(12(16)17)10(7)20-11-9(15(18)19)6-14(2)13-11/h3-6H,1-2H3,(H,16,17). The van der Waals surface area contributed by atoms with E-state index in [1.807, 2.05) is 0 Å². The van der Waals surface area contributed by atoms with E-state index >= 15 is 0 Å². The van der Waals surface area contributed by atoms with Gasteiger partial charge >= 0.3 is 17.5 Å². The molecule has 0 aliphatic carbocycles. The number of benzene rings is 1. The fraction of sp³-hybridized carbons (Fsp3) is 0.167. The lowest BCUT2D eigenvalue weighted by atomic mass is 10.1. The van der Waals surface area contributed by atoms with E-state index < -0.39 is 10.9 Å². The quantitative estimate of drug-likeness (QED) is 0.677. The molecule has 104 valence electrons. The van der Waals surface area contributed by atoms with Gasteiger partial charge in [0.15, 0.2) is 0 Å². The van der Waals surface area contributed by atoms with Crippen LogP contribution in [0.1, 0.15) is 15.9 Å². The zero-order valence-corrected chi connectivity index (χ0v) is 10.7. The first kappa shape index (κ1) is 13.5. The third-order valence-corrected chi connectivity index (χ3v) is 2.61. The number of nitro groups is 1. The number of carboxylic acid groups (broad SMARTS) is 1. The predicted octanol–water partition coefficient (Wildman–Crippen LogP) is 2.13. The fourth-order valence-corrected chi connectivity index (χ4v) is 1.71. The molecule has 0 saturated heterocycles. The van der Waals surface area contributed by atoms with E-state index in [1.54, 1.807) is 19.1 Å². The Labute approximate surface area is 113 Å². The van der Waals surface area contributed by atoms with E-state index in [2.05, 4.69) is 5.10 Å². The van der Waals surface area contributed by atoms with Gasteiger partial charge in [0.2, 0.25) is 0 Å². The first-order valence-corrected chi connectivity index (χ1v) is 5.59. The molecule has 2 rings (SSSR count). The smallest absolute Gasteiger partial charge is 0.350 e. The number of para-hydroxylation sites is 1. The van der Waals surface area contributed by atoms with E-state index in [1.165, 1.54) is 24.0 Å². The number of carbonyl (C=O) groups is 1. The zero-order chi connectivity index (χ0) is 14.9. The number of hydrogen-bond acceptors (Lipinski definition) is 5. The van der Waals surface area contributed by atoms with Gasteiger partial charge in [-0.25, -0.2) is 4.79 Å². The summed E-state index contributed by atoms with van der Waals surface area (Å²) in [6, 6.07) is 4.58. The molecule has 0 unspecified atom stereocenters. The summed E-state index contributed by atoms with van der Waals surface area (Å²) in [6.07, 6.45) is 1.19. The SMILES string of the molecule is Cc1cccc(C(=O)O)c1Oc1nn(C)cc1[N+](=O)[O-]. The van der Waals surface area contributed by atoms with Crippen molar-refractivity contribution >= 4 is 11.7 Å². The largest absolute Gasteiger partial charge is 0.478 e. The Kier molecular flexibility index (Phi) is 3.38. The summed E-state index contributed by atoms with van der Waals surface area (Å²) in [4.78, 5) is 21.4. The lowest BCUT2D eigenvalue weighted by molar-refractivity contribution is -0.385. The van der Waals surface area contributed by atoms with Crippen molar-refractivity contribution in [2.45, 2.75) is 6.92 Å². The monoisotopic (exact) mass is 277 g/mol. The van der Waals surface area contributed by atoms with E-state index in [4.69, 9.17) is 9.84 Å². The third kappa shape index (κ3) is 2.44. The van der Waals surface area contributed by atoms with E-state index in [-0.39, 0.29) is 22.9 Å². The number of ether oxygens (including phenoxy) is 1. The maximum absolute atomic E-state index is 11.1. The molecule has 1 aromatic heterocycles. The van der Waals surface area contributed by atoms with Crippen LogP contribution < -0.4 is 4.74 Å². The van der Waals surface area contributed by atoms with Gasteiger partial charge in [-0.3, -0.25) is 14.8 Å². The summed E-state index contributed by atoms with van der Waals surface area (Å²) in [7, 11) is 1.51. The Balaban J connectivity index is 2.50. The van der Waals surface area contributed by atoms with Crippen LogP contribution in [0.5, 0.6) is 11.6 Å². The minimum absolute atomic E-state index is 0.0433. The van der Waals surface area contributed by atoms with Crippen LogP contribution in [0.2, 0.25) is 0 Å². The van der Waals surface area contributed by atoms with Crippen molar-refractivity contribution in [2.75, 3.05) is 0 Å². The first-order chi connectivity index (χ1) is 9.40. The Morgan fingerprint density at radius 1 is 1.50 bits per heavy atom. The number of hydrogen-bond donors (Lipinski definition) is 1. The van der Waals surface area contributed by atoms with Crippen LogP contribution in [-0.2, 0) is 7.05 Å². The maximum Gasteiger partial charge on any atom is 0.350 e. The second-order valence-corrected chi connectivity index (χ2v) is 4.11. The highest BCUT2D eigenvalue weighted by Gasteiger charge is 2.23. The van der Waals surface area contributed by atoms with Gasteiger partial charge in [0.05, 0.1) is 4.92 Å². The minimum atomic E-state index is -1.18. The minimum Gasteiger partial charge on any atom is -0.478 e. The lowest BCUT2D eigenvalue weighted by Gasteiger charge is -2.08. The molecule has 0 bridgehead atoms. The molecule has 0 radical (unpaired) electrons. The van der Waals surface area contributed by atoms with E-state index in [0.717, 1.165) is 0 Å². The molecule has 0 amide bonds. The number of rotatable bonds is 4. The number of carboxylic acids is 1. The van der Waals surface area contributed by atoms with E-state index in [9.17, 15) is 14.9 Å². The molecule has 0 fully saturated rings. The maximum atomic E-state index is 11.1. The molecule has 1 N–H and O–H groups in total. The Bertz CT molecular complexity index is 692. The van der Waals surface area contributed by atoms with Gasteiger partial charge in [-0.05, 0) is 18.6 Å². The summed E-state index contributed by atoms with van der Waals surface area (Å²) in [5.74, 6) is -1.38. The van der Waals surface area contributed by atoms with Gasteiger partial charge in [-0.2, -0.15) is 0 Å². The summed E-state index contributed by atoms with van der Waals surface area (Å²) >= 11 is 0. The van der Waals surface area contributed by atoms with Crippen LogP contribution in [0.15, 0.2) is 24.4 Å². The highest BCUT2D eigenvalue weighted by molar-refractivity contribution is 5.91. The van der Waals surface area contributed by atoms with Crippen molar-refractivity contribution in [1.82, 2.24) is 9.78 Å². The molecule has 20 heavy (non-hydrogen) atoms. The van der Waals surface area contributed by atoms with Crippen molar-refractivity contribution in [3.8, 4) is 11.6 Å². The number of aryl methyl sites for hydroxylation is 2. The average molecular weight is 277 g/mol. The van der Waals surface area contributed by atoms with Crippen LogP contribution >= 0.6 is 0 Å². The molecular weight excluding hydrogens is 266 g/mol. The number of aromatic nitrogens is 2. The van der Waals surface area contributed by atoms with Crippen molar-refractivity contribution in [1.29, 1.82) is 0 Å². The summed E-state index contributed by atoms with van der Waals surface area (Å²) in [5.41, 5.74) is 0.141.